The van der Waals surface area contributed by atoms with Crippen LogP contribution in [0.5, 0.6) is 0 Å². The number of ether oxygens (including phenoxy) is 2. The Morgan fingerprint density at radius 2 is 1.58 bits per heavy atom. The molecule has 3 heteroatoms. The molecule has 0 saturated carbocycles. The SMILES string of the molecule is C=CC(=O)OC(C)(C)CCOC(C)(C)CC(C)(C)C. The average molecular weight is 270 g/mol. The first kappa shape index (κ1) is 18.2. The van der Waals surface area contributed by atoms with E-state index in [-0.39, 0.29) is 17.0 Å². The molecule has 0 aromatic rings. The third kappa shape index (κ3) is 9.71. The predicted octanol–water partition coefficient (Wildman–Crippen LogP) is 4.12. The minimum Gasteiger partial charge on any atom is -0.456 e. The standard InChI is InChI=1S/C16H30O3/c1-9-13(17)19-15(5,6)10-11-18-16(7,8)12-14(2,3)4/h9H,1,10-12H2,2-8H3. The van der Waals surface area contributed by atoms with Crippen LogP contribution in [0.4, 0.5) is 0 Å². The molecule has 0 N–H and O–H groups in total. The Morgan fingerprint density at radius 3 is 2.00 bits per heavy atom. The van der Waals surface area contributed by atoms with Crippen molar-refractivity contribution in [2.45, 2.75) is 72.5 Å². The summed E-state index contributed by atoms with van der Waals surface area (Å²) in [6, 6.07) is 0. The summed E-state index contributed by atoms with van der Waals surface area (Å²) in [4.78, 5) is 11.2. The minimum absolute atomic E-state index is 0.170. The van der Waals surface area contributed by atoms with Gasteiger partial charge in [0, 0.05) is 12.5 Å². The molecule has 0 unspecified atom stereocenters. The number of esters is 1. The number of rotatable bonds is 7. The van der Waals surface area contributed by atoms with Gasteiger partial charge in [-0.25, -0.2) is 4.79 Å². The highest BCUT2D eigenvalue weighted by Gasteiger charge is 2.28. The molecule has 0 aromatic carbocycles. The third-order valence-electron chi connectivity index (χ3n) is 2.70. The highest BCUT2D eigenvalue weighted by Crippen LogP contribution is 2.30. The molecule has 112 valence electrons. The monoisotopic (exact) mass is 270 g/mol. The summed E-state index contributed by atoms with van der Waals surface area (Å²) in [5.41, 5.74) is -0.464. The van der Waals surface area contributed by atoms with E-state index in [2.05, 4.69) is 41.2 Å². The lowest BCUT2D eigenvalue weighted by molar-refractivity contribution is -0.153. The van der Waals surface area contributed by atoms with Crippen LogP contribution in [0.1, 0.15) is 61.3 Å². The molecule has 0 radical (unpaired) electrons. The van der Waals surface area contributed by atoms with Crippen LogP contribution in [0.15, 0.2) is 12.7 Å². The highest BCUT2D eigenvalue weighted by atomic mass is 16.6. The second kappa shape index (κ2) is 6.56. The van der Waals surface area contributed by atoms with Crippen molar-refractivity contribution in [3.8, 4) is 0 Å². The highest BCUT2D eigenvalue weighted by molar-refractivity contribution is 5.81. The molecule has 0 amide bonds. The zero-order chi connectivity index (χ0) is 15.3. The Balaban J connectivity index is 4.20. The van der Waals surface area contributed by atoms with E-state index in [4.69, 9.17) is 9.47 Å². The largest absolute Gasteiger partial charge is 0.456 e. The van der Waals surface area contributed by atoms with E-state index in [1.54, 1.807) is 0 Å². The summed E-state index contributed by atoms with van der Waals surface area (Å²) in [5.74, 6) is -0.390. The Kier molecular flexibility index (Phi) is 6.27. The van der Waals surface area contributed by atoms with Gasteiger partial charge in [0.05, 0.1) is 12.2 Å². The van der Waals surface area contributed by atoms with Crippen LogP contribution in [0.3, 0.4) is 0 Å². The minimum atomic E-state index is -0.525. The first-order valence-corrected chi connectivity index (χ1v) is 6.86. The van der Waals surface area contributed by atoms with Crippen molar-refractivity contribution in [3.63, 3.8) is 0 Å². The first-order valence-electron chi connectivity index (χ1n) is 6.86. The Morgan fingerprint density at radius 1 is 1.05 bits per heavy atom. The lowest BCUT2D eigenvalue weighted by Crippen LogP contribution is -2.34. The summed E-state index contributed by atoms with van der Waals surface area (Å²) in [6.45, 7) is 18.5. The first-order chi connectivity index (χ1) is 8.37. The normalized spacial score (nSPS) is 13.2. The van der Waals surface area contributed by atoms with Crippen molar-refractivity contribution < 1.29 is 14.3 Å². The Hall–Kier alpha value is -0.830. The van der Waals surface area contributed by atoms with Gasteiger partial charge in [-0.3, -0.25) is 0 Å². The van der Waals surface area contributed by atoms with E-state index in [0.717, 1.165) is 6.42 Å². The summed E-state index contributed by atoms with van der Waals surface area (Å²) in [5, 5.41) is 0. The predicted molar refractivity (Wildman–Crippen MR) is 79.1 cm³/mol. The maximum atomic E-state index is 11.2. The number of carbonyl (C=O) groups excluding carboxylic acids is 1. The molecule has 0 aliphatic rings. The molecule has 0 atom stereocenters. The lowest BCUT2D eigenvalue weighted by Gasteiger charge is -2.34. The Bertz CT molecular complexity index is 308. The topological polar surface area (TPSA) is 35.5 Å². The van der Waals surface area contributed by atoms with E-state index in [0.29, 0.717) is 13.0 Å². The summed E-state index contributed by atoms with van der Waals surface area (Å²) >= 11 is 0. The molecule has 0 spiro atoms. The molecule has 0 rings (SSSR count). The van der Waals surface area contributed by atoms with Crippen LogP contribution in [0, 0.1) is 5.41 Å². The van der Waals surface area contributed by atoms with E-state index in [9.17, 15) is 4.79 Å². The molecule has 0 aliphatic heterocycles. The van der Waals surface area contributed by atoms with Gasteiger partial charge < -0.3 is 9.47 Å². The van der Waals surface area contributed by atoms with E-state index in [1.165, 1.54) is 6.08 Å². The summed E-state index contributed by atoms with van der Waals surface area (Å²) in [6.07, 6.45) is 2.83. The van der Waals surface area contributed by atoms with Gasteiger partial charge in [0.1, 0.15) is 5.60 Å². The van der Waals surface area contributed by atoms with Crippen molar-refractivity contribution in [2.75, 3.05) is 6.61 Å². The smallest absolute Gasteiger partial charge is 0.330 e. The van der Waals surface area contributed by atoms with Gasteiger partial charge in [-0.2, -0.15) is 0 Å². The molecular formula is C16H30O3. The number of carbonyl (C=O) groups is 1. The third-order valence-corrected chi connectivity index (χ3v) is 2.70. The zero-order valence-corrected chi connectivity index (χ0v) is 13.6. The van der Waals surface area contributed by atoms with E-state index >= 15 is 0 Å². The van der Waals surface area contributed by atoms with E-state index < -0.39 is 5.60 Å². The number of hydrogen-bond acceptors (Lipinski definition) is 3. The molecule has 0 aromatic heterocycles. The van der Waals surface area contributed by atoms with Gasteiger partial charge in [0.25, 0.3) is 0 Å². The molecule has 0 aliphatic carbocycles. The van der Waals surface area contributed by atoms with Crippen LogP contribution in [-0.2, 0) is 14.3 Å². The quantitative estimate of drug-likeness (QED) is 0.516. The van der Waals surface area contributed by atoms with Gasteiger partial charge in [-0.15, -0.1) is 0 Å². The van der Waals surface area contributed by atoms with Gasteiger partial charge >= 0.3 is 5.97 Å². The van der Waals surface area contributed by atoms with Crippen LogP contribution in [0.25, 0.3) is 0 Å². The average Bonchev–Trinajstić information content (AvgIpc) is 2.11. The van der Waals surface area contributed by atoms with Crippen LogP contribution in [0.2, 0.25) is 0 Å². The molecule has 0 saturated heterocycles. The van der Waals surface area contributed by atoms with E-state index in [1.807, 2.05) is 13.8 Å². The second-order valence-corrected chi connectivity index (χ2v) is 7.48. The van der Waals surface area contributed by atoms with Crippen molar-refractivity contribution in [1.29, 1.82) is 0 Å². The van der Waals surface area contributed by atoms with Gasteiger partial charge in [0.15, 0.2) is 0 Å². The molecule has 0 heterocycles. The summed E-state index contributed by atoms with van der Waals surface area (Å²) in [7, 11) is 0. The summed E-state index contributed by atoms with van der Waals surface area (Å²) < 4.78 is 11.2. The Labute approximate surface area is 118 Å². The van der Waals surface area contributed by atoms with Gasteiger partial charge in [-0.1, -0.05) is 27.4 Å². The van der Waals surface area contributed by atoms with Crippen molar-refractivity contribution in [3.05, 3.63) is 12.7 Å². The molecule has 3 nitrogen and oxygen atoms in total. The lowest BCUT2D eigenvalue weighted by atomic mass is 9.83. The number of hydrogen-bond donors (Lipinski definition) is 0. The molecule has 0 fully saturated rings. The van der Waals surface area contributed by atoms with Crippen molar-refractivity contribution >= 4 is 5.97 Å². The van der Waals surface area contributed by atoms with Crippen LogP contribution >= 0.6 is 0 Å². The fourth-order valence-corrected chi connectivity index (χ4v) is 2.27. The fraction of sp³-hybridized carbons (Fsp3) is 0.812. The van der Waals surface area contributed by atoms with Gasteiger partial charge in [-0.05, 0) is 39.5 Å². The van der Waals surface area contributed by atoms with Crippen LogP contribution < -0.4 is 0 Å². The van der Waals surface area contributed by atoms with Crippen molar-refractivity contribution in [2.24, 2.45) is 5.41 Å². The fourth-order valence-electron chi connectivity index (χ4n) is 2.27. The second-order valence-electron chi connectivity index (χ2n) is 7.48. The van der Waals surface area contributed by atoms with Crippen LogP contribution in [-0.4, -0.2) is 23.8 Å². The zero-order valence-electron chi connectivity index (χ0n) is 13.6. The molecular weight excluding hydrogens is 240 g/mol. The van der Waals surface area contributed by atoms with Crippen molar-refractivity contribution in [1.82, 2.24) is 0 Å². The molecule has 19 heavy (non-hydrogen) atoms. The molecule has 0 bridgehead atoms. The maximum absolute atomic E-state index is 11.2. The van der Waals surface area contributed by atoms with Gasteiger partial charge in [0.2, 0.25) is 0 Å². The maximum Gasteiger partial charge on any atom is 0.330 e.